The van der Waals surface area contributed by atoms with Gasteiger partial charge in [-0.3, -0.25) is 4.79 Å². The highest BCUT2D eigenvalue weighted by Crippen LogP contribution is 2.20. The Morgan fingerprint density at radius 1 is 1.16 bits per heavy atom. The first-order valence-corrected chi connectivity index (χ1v) is 7.38. The van der Waals surface area contributed by atoms with Gasteiger partial charge in [-0.05, 0) is 31.2 Å². The SMILES string of the molecule is Cc1c(C(=O)Nc2cccc(OC(F)F)c2)nnn1-c1ccccc1. The lowest BCUT2D eigenvalue weighted by molar-refractivity contribution is -0.0497. The Kier molecular flexibility index (Phi) is 4.69. The minimum Gasteiger partial charge on any atom is -0.435 e. The molecular formula is C17H14F2N4O2. The van der Waals surface area contributed by atoms with Crippen LogP contribution in [0, 0.1) is 6.92 Å². The number of halogens is 2. The third-order valence-electron chi connectivity index (χ3n) is 3.43. The van der Waals surface area contributed by atoms with Crippen LogP contribution >= 0.6 is 0 Å². The van der Waals surface area contributed by atoms with E-state index in [0.29, 0.717) is 11.4 Å². The Hall–Kier alpha value is -3.29. The summed E-state index contributed by atoms with van der Waals surface area (Å²) in [5, 5.41) is 10.5. The highest BCUT2D eigenvalue weighted by molar-refractivity contribution is 6.03. The molecule has 0 saturated heterocycles. The average Bonchev–Trinajstić information content (AvgIpc) is 2.97. The van der Waals surface area contributed by atoms with Crippen LogP contribution in [0.5, 0.6) is 5.75 Å². The molecule has 128 valence electrons. The molecule has 1 amide bonds. The summed E-state index contributed by atoms with van der Waals surface area (Å²) in [6.45, 7) is -1.21. The number of hydrogen-bond donors (Lipinski definition) is 1. The molecule has 0 aliphatic carbocycles. The van der Waals surface area contributed by atoms with Gasteiger partial charge < -0.3 is 10.1 Å². The molecule has 2 aromatic carbocycles. The molecule has 8 heteroatoms. The molecule has 0 aliphatic heterocycles. The minimum atomic E-state index is -2.93. The number of carbonyl (C=O) groups excluding carboxylic acids is 1. The lowest BCUT2D eigenvalue weighted by Crippen LogP contribution is -2.14. The Bertz CT molecular complexity index is 881. The van der Waals surface area contributed by atoms with Gasteiger partial charge in [0, 0.05) is 11.8 Å². The van der Waals surface area contributed by atoms with Crippen molar-refractivity contribution in [2.45, 2.75) is 13.5 Å². The van der Waals surface area contributed by atoms with Gasteiger partial charge in [0.05, 0.1) is 11.4 Å². The van der Waals surface area contributed by atoms with Crippen LogP contribution < -0.4 is 10.1 Å². The second-order valence-electron chi connectivity index (χ2n) is 5.13. The highest BCUT2D eigenvalue weighted by atomic mass is 19.3. The van der Waals surface area contributed by atoms with Crippen molar-refractivity contribution in [2.24, 2.45) is 0 Å². The maximum absolute atomic E-state index is 12.4. The summed E-state index contributed by atoms with van der Waals surface area (Å²) in [5.74, 6) is -0.536. The maximum Gasteiger partial charge on any atom is 0.387 e. The summed E-state index contributed by atoms with van der Waals surface area (Å²) < 4.78 is 30.4. The van der Waals surface area contributed by atoms with Crippen molar-refractivity contribution in [2.75, 3.05) is 5.32 Å². The van der Waals surface area contributed by atoms with Crippen molar-refractivity contribution in [1.82, 2.24) is 15.0 Å². The van der Waals surface area contributed by atoms with Gasteiger partial charge in [-0.15, -0.1) is 5.10 Å². The van der Waals surface area contributed by atoms with E-state index in [1.54, 1.807) is 17.7 Å². The number of rotatable bonds is 5. The summed E-state index contributed by atoms with van der Waals surface area (Å²) in [7, 11) is 0. The van der Waals surface area contributed by atoms with Crippen LogP contribution in [0.2, 0.25) is 0 Å². The maximum atomic E-state index is 12.4. The number of alkyl halides is 2. The Labute approximate surface area is 142 Å². The zero-order chi connectivity index (χ0) is 17.8. The number of ether oxygens (including phenoxy) is 1. The monoisotopic (exact) mass is 344 g/mol. The minimum absolute atomic E-state index is 0.0440. The molecule has 1 N–H and O–H groups in total. The predicted molar refractivity (Wildman–Crippen MR) is 87.1 cm³/mol. The molecule has 0 radical (unpaired) electrons. The topological polar surface area (TPSA) is 69.0 Å². The molecule has 1 aromatic heterocycles. The van der Waals surface area contributed by atoms with Crippen LogP contribution in [0.3, 0.4) is 0 Å². The van der Waals surface area contributed by atoms with Gasteiger partial charge in [0.25, 0.3) is 5.91 Å². The van der Waals surface area contributed by atoms with Crippen molar-refractivity contribution in [1.29, 1.82) is 0 Å². The molecular weight excluding hydrogens is 330 g/mol. The zero-order valence-corrected chi connectivity index (χ0v) is 13.2. The molecule has 0 atom stereocenters. The third kappa shape index (κ3) is 3.79. The Balaban J connectivity index is 1.80. The Morgan fingerprint density at radius 3 is 2.64 bits per heavy atom. The molecule has 3 rings (SSSR count). The van der Waals surface area contributed by atoms with E-state index in [2.05, 4.69) is 20.4 Å². The fourth-order valence-corrected chi connectivity index (χ4v) is 2.29. The smallest absolute Gasteiger partial charge is 0.387 e. The van der Waals surface area contributed by atoms with Crippen molar-refractivity contribution >= 4 is 11.6 Å². The number of benzene rings is 2. The lowest BCUT2D eigenvalue weighted by Gasteiger charge is -2.08. The normalized spacial score (nSPS) is 10.7. The summed E-state index contributed by atoms with van der Waals surface area (Å²) in [4.78, 5) is 12.4. The lowest BCUT2D eigenvalue weighted by atomic mass is 10.2. The van der Waals surface area contributed by atoms with Crippen LogP contribution in [0.25, 0.3) is 5.69 Å². The second-order valence-corrected chi connectivity index (χ2v) is 5.13. The number of amides is 1. The number of nitrogens with one attached hydrogen (secondary N) is 1. The number of aromatic nitrogens is 3. The van der Waals surface area contributed by atoms with Gasteiger partial charge >= 0.3 is 6.61 Å². The first kappa shape index (κ1) is 16.6. The molecule has 0 fully saturated rings. The average molecular weight is 344 g/mol. The molecule has 0 bridgehead atoms. The fourth-order valence-electron chi connectivity index (χ4n) is 2.29. The third-order valence-corrected chi connectivity index (χ3v) is 3.43. The van der Waals surface area contributed by atoms with E-state index < -0.39 is 12.5 Å². The number of anilines is 1. The molecule has 0 spiro atoms. The van der Waals surface area contributed by atoms with Crippen LogP contribution in [-0.2, 0) is 0 Å². The molecule has 0 unspecified atom stereocenters. The van der Waals surface area contributed by atoms with Gasteiger partial charge in [-0.1, -0.05) is 29.5 Å². The second kappa shape index (κ2) is 7.08. The van der Waals surface area contributed by atoms with Gasteiger partial charge in [0.15, 0.2) is 5.69 Å². The molecule has 0 aliphatic rings. The van der Waals surface area contributed by atoms with E-state index >= 15 is 0 Å². The summed E-state index contributed by atoms with van der Waals surface area (Å²) in [6, 6.07) is 15.0. The predicted octanol–water partition coefficient (Wildman–Crippen LogP) is 3.43. The molecule has 0 saturated carbocycles. The van der Waals surface area contributed by atoms with Crippen molar-refractivity contribution in [3.8, 4) is 11.4 Å². The van der Waals surface area contributed by atoms with E-state index in [-0.39, 0.29) is 11.4 Å². The molecule has 3 aromatic rings. The van der Waals surface area contributed by atoms with E-state index in [4.69, 9.17) is 0 Å². The van der Waals surface area contributed by atoms with E-state index in [0.717, 1.165) is 5.69 Å². The van der Waals surface area contributed by atoms with E-state index in [1.807, 2.05) is 30.3 Å². The summed E-state index contributed by atoms with van der Waals surface area (Å²) >= 11 is 0. The zero-order valence-electron chi connectivity index (χ0n) is 13.2. The molecule has 1 heterocycles. The van der Waals surface area contributed by atoms with Crippen molar-refractivity contribution < 1.29 is 18.3 Å². The van der Waals surface area contributed by atoms with E-state index in [9.17, 15) is 13.6 Å². The number of para-hydroxylation sites is 1. The molecule has 6 nitrogen and oxygen atoms in total. The van der Waals surface area contributed by atoms with Crippen molar-refractivity contribution in [3.63, 3.8) is 0 Å². The summed E-state index contributed by atoms with van der Waals surface area (Å²) in [5.41, 5.74) is 1.79. The molecule has 25 heavy (non-hydrogen) atoms. The van der Waals surface area contributed by atoms with Gasteiger partial charge in [-0.2, -0.15) is 8.78 Å². The quantitative estimate of drug-likeness (QED) is 0.770. The standard InChI is InChI=1S/C17H14F2N4O2/c1-11-15(21-22-23(11)13-7-3-2-4-8-13)16(24)20-12-6-5-9-14(10-12)25-17(18)19/h2-10,17H,1H3,(H,20,24). The largest absolute Gasteiger partial charge is 0.435 e. The van der Waals surface area contributed by atoms with Crippen LogP contribution in [0.15, 0.2) is 54.6 Å². The van der Waals surface area contributed by atoms with Gasteiger partial charge in [0.2, 0.25) is 0 Å². The number of nitrogens with zero attached hydrogens (tertiary/aromatic N) is 3. The van der Waals surface area contributed by atoms with Crippen LogP contribution in [0.1, 0.15) is 16.2 Å². The number of hydrogen-bond acceptors (Lipinski definition) is 4. The summed E-state index contributed by atoms with van der Waals surface area (Å²) in [6.07, 6.45) is 0. The van der Waals surface area contributed by atoms with Gasteiger partial charge in [-0.25, -0.2) is 4.68 Å². The van der Waals surface area contributed by atoms with Crippen molar-refractivity contribution in [3.05, 3.63) is 66.0 Å². The van der Waals surface area contributed by atoms with Crippen LogP contribution in [-0.4, -0.2) is 27.5 Å². The Morgan fingerprint density at radius 2 is 1.92 bits per heavy atom. The number of carbonyl (C=O) groups is 1. The fraction of sp³-hybridized carbons (Fsp3) is 0.118. The first-order valence-electron chi connectivity index (χ1n) is 7.38. The van der Waals surface area contributed by atoms with Crippen LogP contribution in [0.4, 0.5) is 14.5 Å². The van der Waals surface area contributed by atoms with E-state index in [1.165, 1.54) is 18.2 Å². The highest BCUT2D eigenvalue weighted by Gasteiger charge is 2.17. The van der Waals surface area contributed by atoms with Gasteiger partial charge in [0.1, 0.15) is 5.75 Å². The first-order chi connectivity index (χ1) is 12.0.